The first kappa shape index (κ1) is 14.5. The Balaban J connectivity index is 1.85. The minimum atomic E-state index is -0.161. The maximum absolute atomic E-state index is 12.3. The van der Waals surface area contributed by atoms with Gasteiger partial charge in [-0.15, -0.1) is 0 Å². The van der Waals surface area contributed by atoms with E-state index in [9.17, 15) is 9.90 Å². The molecule has 6 nitrogen and oxygen atoms in total. The minimum Gasteiger partial charge on any atom is -0.493 e. The highest BCUT2D eigenvalue weighted by Crippen LogP contribution is 2.35. The molecular weight excluding hydrogens is 268 g/mol. The Morgan fingerprint density at radius 3 is 2.57 bits per heavy atom. The van der Waals surface area contributed by atoms with Gasteiger partial charge in [0.15, 0.2) is 0 Å². The summed E-state index contributed by atoms with van der Waals surface area (Å²) in [6.45, 7) is 5.77. The maximum Gasteiger partial charge on any atom is 0.258 e. The van der Waals surface area contributed by atoms with Crippen molar-refractivity contribution < 1.29 is 5.11 Å². The fourth-order valence-electron chi connectivity index (χ4n) is 3.51. The second-order valence-corrected chi connectivity index (χ2v) is 6.13. The van der Waals surface area contributed by atoms with Gasteiger partial charge in [-0.2, -0.15) is 4.98 Å². The van der Waals surface area contributed by atoms with Gasteiger partial charge in [-0.1, -0.05) is 12.8 Å². The van der Waals surface area contributed by atoms with E-state index in [4.69, 9.17) is 0 Å². The molecule has 0 radical (unpaired) electrons. The van der Waals surface area contributed by atoms with Crippen molar-refractivity contribution in [1.29, 1.82) is 0 Å². The maximum atomic E-state index is 12.3. The van der Waals surface area contributed by atoms with Crippen LogP contribution in [0.15, 0.2) is 4.79 Å². The molecule has 1 aliphatic heterocycles. The van der Waals surface area contributed by atoms with Crippen molar-refractivity contribution in [2.24, 2.45) is 0 Å². The van der Waals surface area contributed by atoms with Gasteiger partial charge in [0.25, 0.3) is 5.56 Å². The summed E-state index contributed by atoms with van der Waals surface area (Å²) in [6.07, 6.45) is 4.21. The van der Waals surface area contributed by atoms with E-state index in [-0.39, 0.29) is 23.4 Å². The molecule has 2 fully saturated rings. The number of piperazine rings is 1. The standard InChI is InChI=1S/C15H24N4O2/c1-10(19-8-6-16-7-9-19)13-17-14(20)12(15(21)18-13)11-4-2-3-5-11/h10-11,16H,2-9H2,1H3,(H2,17,18,20,21). The van der Waals surface area contributed by atoms with E-state index in [1.807, 2.05) is 6.92 Å². The highest BCUT2D eigenvalue weighted by atomic mass is 16.3. The number of H-pyrrole nitrogens is 1. The lowest BCUT2D eigenvalue weighted by molar-refractivity contribution is 0.178. The molecule has 2 aliphatic rings. The molecule has 1 unspecified atom stereocenters. The van der Waals surface area contributed by atoms with Crippen LogP contribution in [0.3, 0.4) is 0 Å². The van der Waals surface area contributed by atoms with Gasteiger partial charge >= 0.3 is 0 Å². The molecule has 3 rings (SSSR count). The van der Waals surface area contributed by atoms with Crippen LogP contribution in [-0.2, 0) is 0 Å². The number of hydrogen-bond donors (Lipinski definition) is 3. The van der Waals surface area contributed by atoms with Gasteiger partial charge in [0.1, 0.15) is 5.82 Å². The largest absolute Gasteiger partial charge is 0.493 e. The van der Waals surface area contributed by atoms with E-state index < -0.39 is 0 Å². The summed E-state index contributed by atoms with van der Waals surface area (Å²) in [6, 6.07) is 0.0170. The van der Waals surface area contributed by atoms with Gasteiger partial charge in [0.2, 0.25) is 5.88 Å². The SMILES string of the molecule is CC(c1nc(O)c(C2CCCC2)c(=O)[nH]1)N1CCNCC1. The van der Waals surface area contributed by atoms with Crippen LogP contribution in [0.1, 0.15) is 56.0 Å². The van der Waals surface area contributed by atoms with Crippen molar-refractivity contribution in [2.45, 2.75) is 44.6 Å². The summed E-state index contributed by atoms with van der Waals surface area (Å²) >= 11 is 0. The summed E-state index contributed by atoms with van der Waals surface area (Å²) < 4.78 is 0. The highest BCUT2D eigenvalue weighted by Gasteiger charge is 2.26. The molecule has 0 spiro atoms. The quantitative estimate of drug-likeness (QED) is 0.777. The van der Waals surface area contributed by atoms with Gasteiger partial charge in [-0.05, 0) is 25.7 Å². The van der Waals surface area contributed by atoms with Crippen LogP contribution in [-0.4, -0.2) is 46.2 Å². The second kappa shape index (κ2) is 6.15. The number of nitrogens with one attached hydrogen (secondary N) is 2. The lowest BCUT2D eigenvalue weighted by Crippen LogP contribution is -2.45. The molecule has 0 bridgehead atoms. The third-order valence-electron chi connectivity index (χ3n) is 4.81. The number of rotatable bonds is 3. The third-order valence-corrected chi connectivity index (χ3v) is 4.81. The zero-order valence-electron chi connectivity index (χ0n) is 12.6. The van der Waals surface area contributed by atoms with Crippen LogP contribution in [0.4, 0.5) is 0 Å². The third kappa shape index (κ3) is 2.96. The lowest BCUT2D eigenvalue weighted by Gasteiger charge is -2.32. The van der Waals surface area contributed by atoms with Crippen molar-refractivity contribution in [2.75, 3.05) is 26.2 Å². The molecule has 1 aromatic rings. The first-order valence-corrected chi connectivity index (χ1v) is 7.94. The van der Waals surface area contributed by atoms with E-state index in [2.05, 4.69) is 20.2 Å². The molecule has 2 heterocycles. The summed E-state index contributed by atoms with van der Waals surface area (Å²) in [5.74, 6) is 0.675. The number of aromatic nitrogens is 2. The number of hydrogen-bond acceptors (Lipinski definition) is 5. The van der Waals surface area contributed by atoms with Crippen LogP contribution in [0.2, 0.25) is 0 Å². The molecule has 1 saturated heterocycles. The zero-order chi connectivity index (χ0) is 14.8. The predicted molar refractivity (Wildman–Crippen MR) is 80.6 cm³/mol. The van der Waals surface area contributed by atoms with E-state index in [0.29, 0.717) is 11.4 Å². The van der Waals surface area contributed by atoms with Crippen molar-refractivity contribution in [3.05, 3.63) is 21.7 Å². The molecule has 0 aromatic carbocycles. The summed E-state index contributed by atoms with van der Waals surface area (Å²) in [5, 5.41) is 13.5. The average Bonchev–Trinajstić information content (AvgIpc) is 3.00. The fourth-order valence-corrected chi connectivity index (χ4v) is 3.51. The van der Waals surface area contributed by atoms with Crippen LogP contribution >= 0.6 is 0 Å². The molecular formula is C15H24N4O2. The summed E-state index contributed by atoms with van der Waals surface area (Å²) in [7, 11) is 0. The van der Waals surface area contributed by atoms with Gasteiger partial charge < -0.3 is 15.4 Å². The average molecular weight is 292 g/mol. The Bertz CT molecular complexity index is 545. The lowest BCUT2D eigenvalue weighted by atomic mass is 10.00. The second-order valence-electron chi connectivity index (χ2n) is 6.13. The van der Waals surface area contributed by atoms with Gasteiger partial charge in [-0.25, -0.2) is 0 Å². The fraction of sp³-hybridized carbons (Fsp3) is 0.733. The Kier molecular flexibility index (Phi) is 4.26. The van der Waals surface area contributed by atoms with Crippen molar-refractivity contribution in [3.63, 3.8) is 0 Å². The van der Waals surface area contributed by atoms with Gasteiger partial charge in [-0.3, -0.25) is 9.69 Å². The molecule has 116 valence electrons. The van der Waals surface area contributed by atoms with E-state index in [1.54, 1.807) is 0 Å². The van der Waals surface area contributed by atoms with Gasteiger partial charge in [0.05, 0.1) is 11.6 Å². The Morgan fingerprint density at radius 1 is 1.29 bits per heavy atom. The Labute approximate surface area is 124 Å². The summed E-state index contributed by atoms with van der Waals surface area (Å²) in [4.78, 5) is 21.8. The molecule has 1 saturated carbocycles. The van der Waals surface area contributed by atoms with Crippen LogP contribution in [0.5, 0.6) is 5.88 Å². The van der Waals surface area contributed by atoms with Crippen LogP contribution in [0.25, 0.3) is 0 Å². The predicted octanol–water partition coefficient (Wildman–Crippen LogP) is 1.10. The number of aromatic amines is 1. The minimum absolute atomic E-state index is 0.0170. The first-order chi connectivity index (χ1) is 10.2. The van der Waals surface area contributed by atoms with E-state index >= 15 is 0 Å². The molecule has 1 atom stereocenters. The van der Waals surface area contributed by atoms with Crippen LogP contribution < -0.4 is 10.9 Å². The molecule has 1 aromatic heterocycles. The Morgan fingerprint density at radius 2 is 1.95 bits per heavy atom. The molecule has 6 heteroatoms. The summed E-state index contributed by atoms with van der Waals surface area (Å²) in [5.41, 5.74) is 0.329. The number of nitrogens with zero attached hydrogens (tertiary/aromatic N) is 2. The molecule has 0 amide bonds. The molecule has 1 aliphatic carbocycles. The van der Waals surface area contributed by atoms with Crippen LogP contribution in [0, 0.1) is 0 Å². The van der Waals surface area contributed by atoms with E-state index in [1.165, 1.54) is 0 Å². The zero-order valence-corrected chi connectivity index (χ0v) is 12.6. The monoisotopic (exact) mass is 292 g/mol. The topological polar surface area (TPSA) is 81.2 Å². The highest BCUT2D eigenvalue weighted by molar-refractivity contribution is 5.28. The number of aromatic hydroxyl groups is 1. The first-order valence-electron chi connectivity index (χ1n) is 7.94. The smallest absolute Gasteiger partial charge is 0.258 e. The van der Waals surface area contributed by atoms with E-state index in [0.717, 1.165) is 51.9 Å². The van der Waals surface area contributed by atoms with Crippen molar-refractivity contribution in [1.82, 2.24) is 20.2 Å². The van der Waals surface area contributed by atoms with Crippen molar-refractivity contribution in [3.8, 4) is 5.88 Å². The van der Waals surface area contributed by atoms with Crippen molar-refractivity contribution >= 4 is 0 Å². The molecule has 21 heavy (non-hydrogen) atoms. The van der Waals surface area contributed by atoms with Gasteiger partial charge in [0, 0.05) is 26.2 Å². The molecule has 3 N–H and O–H groups in total. The Hall–Kier alpha value is -1.40. The normalized spacial score (nSPS) is 22.5.